The van der Waals surface area contributed by atoms with E-state index < -0.39 is 5.41 Å². The summed E-state index contributed by atoms with van der Waals surface area (Å²) in [5.74, 6) is 0.341. The molecule has 4 heteroatoms. The second-order valence-corrected chi connectivity index (χ2v) is 6.97. The van der Waals surface area contributed by atoms with Crippen molar-refractivity contribution < 1.29 is 9.59 Å². The third-order valence-corrected chi connectivity index (χ3v) is 4.23. The van der Waals surface area contributed by atoms with Gasteiger partial charge in [-0.15, -0.1) is 0 Å². The van der Waals surface area contributed by atoms with E-state index in [1.807, 2.05) is 56.0 Å². The second kappa shape index (κ2) is 6.61. The van der Waals surface area contributed by atoms with Crippen LogP contribution in [0.4, 0.5) is 0 Å². The Labute approximate surface area is 133 Å². The van der Waals surface area contributed by atoms with E-state index in [-0.39, 0.29) is 17.7 Å². The van der Waals surface area contributed by atoms with Crippen LogP contribution in [0.5, 0.6) is 0 Å². The van der Waals surface area contributed by atoms with Crippen molar-refractivity contribution >= 4 is 11.7 Å². The molecule has 22 heavy (non-hydrogen) atoms. The van der Waals surface area contributed by atoms with Gasteiger partial charge in [-0.1, -0.05) is 51.1 Å². The first-order valence-corrected chi connectivity index (χ1v) is 7.89. The Morgan fingerprint density at radius 1 is 1.00 bits per heavy atom. The molecule has 1 aliphatic heterocycles. The minimum Gasteiger partial charge on any atom is -0.340 e. The molecule has 0 spiro atoms. The maximum Gasteiger partial charge on any atom is 0.219 e. The molecule has 4 nitrogen and oxygen atoms in total. The van der Waals surface area contributed by atoms with Gasteiger partial charge in [-0.25, -0.2) is 0 Å². The highest BCUT2D eigenvalue weighted by molar-refractivity contribution is 5.89. The predicted octanol–water partition coefficient (Wildman–Crippen LogP) is 2.51. The first-order chi connectivity index (χ1) is 10.3. The highest BCUT2D eigenvalue weighted by atomic mass is 16.2. The molecule has 0 radical (unpaired) electrons. The second-order valence-electron chi connectivity index (χ2n) is 6.97. The Morgan fingerprint density at radius 3 is 2.00 bits per heavy atom. The minimum absolute atomic E-state index is 0.109. The smallest absolute Gasteiger partial charge is 0.219 e. The lowest BCUT2D eigenvalue weighted by Crippen LogP contribution is -2.51. The van der Waals surface area contributed by atoms with Gasteiger partial charge in [0.1, 0.15) is 0 Å². The van der Waals surface area contributed by atoms with Crippen LogP contribution < -0.4 is 0 Å². The summed E-state index contributed by atoms with van der Waals surface area (Å²) in [5, 5.41) is 0. The third kappa shape index (κ3) is 3.74. The Balaban J connectivity index is 2.23. The molecule has 1 amide bonds. The van der Waals surface area contributed by atoms with Gasteiger partial charge in [-0.3, -0.25) is 14.5 Å². The zero-order valence-corrected chi connectivity index (χ0v) is 14.0. The number of carbonyl (C=O) groups is 2. The van der Waals surface area contributed by atoms with E-state index in [0.717, 1.165) is 18.7 Å². The number of piperazine rings is 1. The molecule has 2 rings (SSSR count). The van der Waals surface area contributed by atoms with Crippen LogP contribution in [0.15, 0.2) is 30.3 Å². The monoisotopic (exact) mass is 302 g/mol. The van der Waals surface area contributed by atoms with Crippen LogP contribution in [-0.4, -0.2) is 47.7 Å². The lowest BCUT2D eigenvalue weighted by Gasteiger charge is -2.40. The largest absolute Gasteiger partial charge is 0.340 e. The zero-order chi connectivity index (χ0) is 16.3. The van der Waals surface area contributed by atoms with E-state index in [1.165, 1.54) is 0 Å². The normalized spacial score (nSPS) is 18.1. The van der Waals surface area contributed by atoms with E-state index in [2.05, 4.69) is 4.90 Å². The number of nitrogens with zero attached hydrogens (tertiary/aromatic N) is 2. The van der Waals surface area contributed by atoms with Crippen LogP contribution in [-0.2, 0) is 9.59 Å². The van der Waals surface area contributed by atoms with Crippen molar-refractivity contribution in [2.24, 2.45) is 5.41 Å². The molecule has 0 aromatic heterocycles. The van der Waals surface area contributed by atoms with Crippen LogP contribution in [0.3, 0.4) is 0 Å². The van der Waals surface area contributed by atoms with Crippen molar-refractivity contribution in [3.63, 3.8) is 0 Å². The third-order valence-electron chi connectivity index (χ3n) is 4.23. The summed E-state index contributed by atoms with van der Waals surface area (Å²) >= 11 is 0. The summed E-state index contributed by atoms with van der Waals surface area (Å²) in [4.78, 5) is 28.5. The molecule has 120 valence electrons. The lowest BCUT2D eigenvalue weighted by molar-refractivity contribution is -0.135. The molecule has 1 aromatic carbocycles. The van der Waals surface area contributed by atoms with Crippen LogP contribution in [0.2, 0.25) is 0 Å². The average molecular weight is 302 g/mol. The Bertz CT molecular complexity index is 526. The zero-order valence-electron chi connectivity index (χ0n) is 14.0. The van der Waals surface area contributed by atoms with Gasteiger partial charge in [0.15, 0.2) is 5.78 Å². The van der Waals surface area contributed by atoms with Crippen molar-refractivity contribution in [3.8, 4) is 0 Å². The number of ketones is 1. The number of carbonyl (C=O) groups excluding carboxylic acids is 2. The molecular weight excluding hydrogens is 276 g/mol. The maximum atomic E-state index is 13.0. The fourth-order valence-corrected chi connectivity index (χ4v) is 2.87. The van der Waals surface area contributed by atoms with E-state index in [1.54, 1.807) is 6.92 Å². The lowest BCUT2D eigenvalue weighted by atomic mass is 9.83. The van der Waals surface area contributed by atoms with E-state index in [0.29, 0.717) is 13.1 Å². The van der Waals surface area contributed by atoms with Gasteiger partial charge >= 0.3 is 0 Å². The Hall–Kier alpha value is -1.68. The number of hydrogen-bond donors (Lipinski definition) is 0. The summed E-state index contributed by atoms with van der Waals surface area (Å²) in [6.45, 7) is 10.4. The van der Waals surface area contributed by atoms with Gasteiger partial charge in [0, 0.05) is 38.5 Å². The van der Waals surface area contributed by atoms with Crippen molar-refractivity contribution in [1.29, 1.82) is 0 Å². The maximum absolute atomic E-state index is 13.0. The van der Waals surface area contributed by atoms with Crippen molar-refractivity contribution in [1.82, 2.24) is 9.80 Å². The van der Waals surface area contributed by atoms with E-state index in [9.17, 15) is 9.59 Å². The van der Waals surface area contributed by atoms with Gasteiger partial charge < -0.3 is 4.90 Å². The molecule has 1 heterocycles. The topological polar surface area (TPSA) is 40.6 Å². The number of rotatable bonds is 3. The fourth-order valence-electron chi connectivity index (χ4n) is 2.87. The number of benzene rings is 1. The molecule has 1 atom stereocenters. The summed E-state index contributed by atoms with van der Waals surface area (Å²) in [6, 6.07) is 9.73. The first-order valence-electron chi connectivity index (χ1n) is 7.89. The fraction of sp³-hybridized carbons (Fsp3) is 0.556. The van der Waals surface area contributed by atoms with Crippen LogP contribution in [0, 0.1) is 5.41 Å². The Kier molecular flexibility index (Phi) is 5.01. The minimum atomic E-state index is -0.391. The highest BCUT2D eigenvalue weighted by Crippen LogP contribution is 2.31. The van der Waals surface area contributed by atoms with Gasteiger partial charge in [-0.05, 0) is 5.56 Å². The number of hydrogen-bond acceptors (Lipinski definition) is 3. The molecule has 0 N–H and O–H groups in total. The molecule has 1 fully saturated rings. The summed E-state index contributed by atoms with van der Waals surface area (Å²) < 4.78 is 0. The van der Waals surface area contributed by atoms with Crippen LogP contribution in [0.25, 0.3) is 0 Å². The predicted molar refractivity (Wildman–Crippen MR) is 87.5 cm³/mol. The number of Topliss-reactive ketones (excluding diaryl/α,β-unsaturated/α-hetero) is 1. The van der Waals surface area contributed by atoms with E-state index >= 15 is 0 Å². The van der Waals surface area contributed by atoms with Crippen LogP contribution >= 0.6 is 0 Å². The van der Waals surface area contributed by atoms with Crippen molar-refractivity contribution in [2.45, 2.75) is 33.7 Å². The van der Waals surface area contributed by atoms with Gasteiger partial charge in [0.2, 0.25) is 5.91 Å². The van der Waals surface area contributed by atoms with Gasteiger partial charge in [0.25, 0.3) is 0 Å². The average Bonchev–Trinajstić information content (AvgIpc) is 2.48. The number of amides is 1. The van der Waals surface area contributed by atoms with Gasteiger partial charge in [0.05, 0.1) is 6.04 Å². The van der Waals surface area contributed by atoms with Crippen molar-refractivity contribution in [3.05, 3.63) is 35.9 Å². The molecule has 1 aromatic rings. The SMILES string of the molecule is CC(=O)N1CCN([C@@H](C(=O)C(C)(C)C)c2ccccc2)CC1. The quantitative estimate of drug-likeness (QED) is 0.861. The Morgan fingerprint density at radius 2 is 1.55 bits per heavy atom. The molecule has 1 saturated heterocycles. The molecule has 0 saturated carbocycles. The molecule has 0 unspecified atom stereocenters. The molecule has 1 aliphatic rings. The summed E-state index contributed by atoms with van der Waals surface area (Å²) in [6.07, 6.45) is 0. The van der Waals surface area contributed by atoms with E-state index in [4.69, 9.17) is 0 Å². The molecule has 0 aliphatic carbocycles. The van der Waals surface area contributed by atoms with Gasteiger partial charge in [-0.2, -0.15) is 0 Å². The first kappa shape index (κ1) is 16.7. The molecule has 0 bridgehead atoms. The van der Waals surface area contributed by atoms with Crippen molar-refractivity contribution in [2.75, 3.05) is 26.2 Å². The highest BCUT2D eigenvalue weighted by Gasteiger charge is 2.36. The standard InChI is InChI=1S/C18H26N2O2/c1-14(21)19-10-12-20(13-11-19)16(17(22)18(2,3)4)15-8-6-5-7-9-15/h5-9,16H,10-13H2,1-4H3/t16-/m1/s1. The summed E-state index contributed by atoms with van der Waals surface area (Å²) in [7, 11) is 0. The summed E-state index contributed by atoms with van der Waals surface area (Å²) in [5.41, 5.74) is 0.650. The van der Waals surface area contributed by atoms with Crippen LogP contribution in [0.1, 0.15) is 39.3 Å². The molecular formula is C18H26N2O2.